The molecule has 21 heavy (non-hydrogen) atoms. The van der Waals surface area contributed by atoms with Gasteiger partial charge in [0.25, 0.3) is 0 Å². The van der Waals surface area contributed by atoms with Gasteiger partial charge in [-0.15, -0.1) is 0 Å². The lowest BCUT2D eigenvalue weighted by Crippen LogP contribution is -2.10. The summed E-state index contributed by atoms with van der Waals surface area (Å²) in [4.78, 5) is 30.5. The molecule has 0 spiro atoms. The molecule has 2 aromatic rings. The molecule has 2 heterocycles. The van der Waals surface area contributed by atoms with Gasteiger partial charge in [0.2, 0.25) is 0 Å². The number of hydrogen-bond acceptors (Lipinski definition) is 6. The fourth-order valence-electron chi connectivity index (χ4n) is 1.85. The minimum absolute atomic E-state index is 0.0871. The highest BCUT2D eigenvalue weighted by molar-refractivity contribution is 7.99. The first-order valence-corrected chi connectivity index (χ1v) is 7.41. The highest BCUT2D eigenvalue weighted by atomic mass is 32.2. The van der Waals surface area contributed by atoms with Crippen LogP contribution >= 0.6 is 11.8 Å². The molecule has 0 atom stereocenters. The molecule has 8 heteroatoms. The first kappa shape index (κ1) is 15.3. The maximum Gasteiger partial charge on any atom is 0.313 e. The number of carboxylic acid groups (broad SMARTS) is 1. The number of carbonyl (C=O) groups excluding carboxylic acids is 1. The number of pyridine rings is 1. The number of aliphatic carboxylic acids is 1. The van der Waals surface area contributed by atoms with Crippen LogP contribution in [0.3, 0.4) is 0 Å². The Labute approximate surface area is 125 Å². The first-order valence-electron chi connectivity index (χ1n) is 6.42. The zero-order chi connectivity index (χ0) is 15.2. The average Bonchev–Trinajstić information content (AvgIpc) is 2.81. The van der Waals surface area contributed by atoms with E-state index in [1.807, 2.05) is 4.57 Å². The number of carbonyl (C=O) groups is 2. The van der Waals surface area contributed by atoms with Crippen LogP contribution in [0.15, 0.2) is 23.6 Å². The van der Waals surface area contributed by atoms with E-state index in [9.17, 15) is 9.59 Å². The quantitative estimate of drug-likeness (QED) is 0.612. The lowest BCUT2D eigenvalue weighted by molar-refractivity contribution is -0.143. The number of imidazole rings is 1. The summed E-state index contributed by atoms with van der Waals surface area (Å²) in [5.41, 5.74) is 1.50. The Morgan fingerprint density at radius 2 is 2.29 bits per heavy atom. The molecule has 0 unspecified atom stereocenters. The van der Waals surface area contributed by atoms with Gasteiger partial charge in [-0.1, -0.05) is 11.8 Å². The highest BCUT2D eigenvalue weighted by Gasteiger charge is 2.14. The molecule has 0 bridgehead atoms. The fourth-order valence-corrected chi connectivity index (χ4v) is 2.61. The summed E-state index contributed by atoms with van der Waals surface area (Å²) in [6, 6.07) is 1.79. The first-order chi connectivity index (χ1) is 10.1. The van der Waals surface area contributed by atoms with E-state index in [1.54, 1.807) is 25.4 Å². The number of fused-ring (bicyclic) bond motifs is 1. The van der Waals surface area contributed by atoms with Gasteiger partial charge in [-0.2, -0.15) is 0 Å². The Balaban J connectivity index is 2.22. The number of hydrogen-bond donors (Lipinski definition) is 1. The topological polar surface area (TPSA) is 94.3 Å². The largest absolute Gasteiger partial charge is 0.481 e. The number of esters is 1. The molecule has 0 amide bonds. The van der Waals surface area contributed by atoms with Crippen molar-refractivity contribution < 1.29 is 19.4 Å². The normalized spacial score (nSPS) is 10.7. The van der Waals surface area contributed by atoms with Gasteiger partial charge in [-0.05, 0) is 13.0 Å². The van der Waals surface area contributed by atoms with Gasteiger partial charge < -0.3 is 14.4 Å². The van der Waals surface area contributed by atoms with Gasteiger partial charge in [0.05, 0.1) is 30.5 Å². The summed E-state index contributed by atoms with van der Waals surface area (Å²) >= 11 is 1.12. The monoisotopic (exact) mass is 309 g/mol. The Morgan fingerprint density at radius 1 is 1.48 bits per heavy atom. The van der Waals surface area contributed by atoms with Crippen molar-refractivity contribution in [3.05, 3.63) is 18.5 Å². The van der Waals surface area contributed by atoms with Crippen LogP contribution in [0.4, 0.5) is 0 Å². The van der Waals surface area contributed by atoms with Gasteiger partial charge >= 0.3 is 11.9 Å². The lowest BCUT2D eigenvalue weighted by Gasteiger charge is -2.07. The third-order valence-corrected chi connectivity index (χ3v) is 3.65. The molecule has 112 valence electrons. The molecule has 0 fully saturated rings. The predicted octanol–water partition coefficient (Wildman–Crippen LogP) is 1.56. The van der Waals surface area contributed by atoms with Crippen molar-refractivity contribution in [3.63, 3.8) is 0 Å². The maximum absolute atomic E-state index is 11.5. The highest BCUT2D eigenvalue weighted by Crippen LogP contribution is 2.23. The molecular weight excluding hydrogens is 294 g/mol. The van der Waals surface area contributed by atoms with Crippen LogP contribution in [0.5, 0.6) is 0 Å². The predicted molar refractivity (Wildman–Crippen MR) is 77.1 cm³/mol. The number of ether oxygens (including phenoxy) is 1. The number of aryl methyl sites for hydroxylation is 1. The van der Waals surface area contributed by atoms with Crippen LogP contribution < -0.4 is 0 Å². The van der Waals surface area contributed by atoms with Gasteiger partial charge in [0.1, 0.15) is 5.52 Å². The zero-order valence-electron chi connectivity index (χ0n) is 11.5. The van der Waals surface area contributed by atoms with Crippen molar-refractivity contribution >= 4 is 34.7 Å². The van der Waals surface area contributed by atoms with Gasteiger partial charge in [0.15, 0.2) is 5.16 Å². The fraction of sp³-hybridized carbons (Fsp3) is 0.385. The Hall–Kier alpha value is -2.09. The van der Waals surface area contributed by atoms with Gasteiger partial charge in [0, 0.05) is 12.7 Å². The van der Waals surface area contributed by atoms with Crippen LogP contribution in [0.25, 0.3) is 11.0 Å². The van der Waals surface area contributed by atoms with Crippen LogP contribution in [0.2, 0.25) is 0 Å². The molecule has 1 N–H and O–H groups in total. The summed E-state index contributed by atoms with van der Waals surface area (Å²) in [6.07, 6.45) is 3.46. The van der Waals surface area contributed by atoms with Crippen LogP contribution in [-0.4, -0.2) is 43.9 Å². The number of thioether (sulfide) groups is 1. The summed E-state index contributed by atoms with van der Waals surface area (Å²) in [5.74, 6) is -1.29. The number of aromatic nitrogens is 3. The second kappa shape index (κ2) is 7.07. The molecule has 2 rings (SSSR count). The second-order valence-electron chi connectivity index (χ2n) is 4.15. The van der Waals surface area contributed by atoms with Crippen molar-refractivity contribution in [1.29, 1.82) is 0 Å². The third kappa shape index (κ3) is 3.94. The average molecular weight is 309 g/mol. The summed E-state index contributed by atoms with van der Waals surface area (Å²) in [6.45, 7) is 2.49. The molecule has 0 saturated carbocycles. The van der Waals surface area contributed by atoms with E-state index in [-0.39, 0.29) is 18.1 Å². The van der Waals surface area contributed by atoms with Gasteiger partial charge in [-0.25, -0.2) is 4.98 Å². The SMILES string of the molecule is CCOC(=O)CCn1c(SCC(=O)O)nc2cnccc21. The third-order valence-electron chi connectivity index (χ3n) is 2.69. The van der Waals surface area contributed by atoms with Crippen LogP contribution in [0, 0.1) is 0 Å². The van der Waals surface area contributed by atoms with E-state index >= 15 is 0 Å². The number of rotatable bonds is 7. The minimum Gasteiger partial charge on any atom is -0.481 e. The van der Waals surface area contributed by atoms with Crippen molar-refractivity contribution in [2.24, 2.45) is 0 Å². The summed E-state index contributed by atoms with van der Waals surface area (Å²) in [5, 5.41) is 9.34. The van der Waals surface area contributed by atoms with Gasteiger partial charge in [-0.3, -0.25) is 14.6 Å². The smallest absolute Gasteiger partial charge is 0.313 e. The van der Waals surface area contributed by atoms with Crippen LogP contribution in [0.1, 0.15) is 13.3 Å². The van der Waals surface area contributed by atoms with Crippen molar-refractivity contribution in [2.75, 3.05) is 12.4 Å². The standard InChI is InChI=1S/C13H15N3O4S/c1-2-20-12(19)4-6-16-10-3-5-14-7-9(10)15-13(16)21-8-11(17)18/h3,5,7H,2,4,6,8H2,1H3,(H,17,18). The molecule has 0 aliphatic carbocycles. The van der Waals surface area contributed by atoms with E-state index < -0.39 is 5.97 Å². The molecule has 0 aliphatic heterocycles. The lowest BCUT2D eigenvalue weighted by atomic mass is 10.4. The Morgan fingerprint density at radius 3 is 3.00 bits per heavy atom. The zero-order valence-corrected chi connectivity index (χ0v) is 12.3. The number of nitrogens with zero attached hydrogens (tertiary/aromatic N) is 3. The van der Waals surface area contributed by atoms with Crippen LogP contribution in [-0.2, 0) is 20.9 Å². The number of carboxylic acids is 1. The maximum atomic E-state index is 11.5. The molecule has 0 aliphatic rings. The summed E-state index contributed by atoms with van der Waals surface area (Å²) in [7, 11) is 0. The molecule has 0 saturated heterocycles. The molecule has 0 radical (unpaired) electrons. The van der Waals surface area contributed by atoms with Crippen molar-refractivity contribution in [2.45, 2.75) is 25.0 Å². The minimum atomic E-state index is -0.915. The Bertz CT molecular complexity index is 656. The molecule has 7 nitrogen and oxygen atoms in total. The van der Waals surface area contributed by atoms with E-state index in [4.69, 9.17) is 9.84 Å². The van der Waals surface area contributed by atoms with E-state index in [0.717, 1.165) is 17.3 Å². The van der Waals surface area contributed by atoms with E-state index in [1.165, 1.54) is 0 Å². The van der Waals surface area contributed by atoms with E-state index in [2.05, 4.69) is 9.97 Å². The second-order valence-corrected chi connectivity index (χ2v) is 5.09. The molecular formula is C13H15N3O4S. The molecule has 2 aromatic heterocycles. The Kier molecular flexibility index (Phi) is 5.15. The van der Waals surface area contributed by atoms with Crippen molar-refractivity contribution in [1.82, 2.24) is 14.5 Å². The molecule has 0 aromatic carbocycles. The van der Waals surface area contributed by atoms with Crippen molar-refractivity contribution in [3.8, 4) is 0 Å². The summed E-state index contributed by atoms with van der Waals surface area (Å²) < 4.78 is 6.73. The van der Waals surface area contributed by atoms with E-state index in [0.29, 0.717) is 23.8 Å².